The molecule has 0 nitrogen and oxygen atoms in total. The maximum atomic E-state index is 2.47. The van der Waals surface area contributed by atoms with Crippen LogP contribution < -0.4 is 0 Å². The van der Waals surface area contributed by atoms with Crippen LogP contribution in [0.25, 0.3) is 34.4 Å². The molecule has 1 heteroatoms. The molecule has 0 spiro atoms. The van der Waals surface area contributed by atoms with Crippen molar-refractivity contribution in [3.05, 3.63) is 130 Å². The van der Waals surface area contributed by atoms with Crippen LogP contribution in [0.3, 0.4) is 0 Å². The molecule has 0 fully saturated rings. The van der Waals surface area contributed by atoms with Gasteiger partial charge in [-0.15, -0.1) is 0 Å². The van der Waals surface area contributed by atoms with E-state index in [0.717, 1.165) is 0 Å². The molecule has 2 atom stereocenters. The Morgan fingerprint density at radius 2 is 0.909 bits per heavy atom. The van der Waals surface area contributed by atoms with E-state index in [9.17, 15) is 0 Å². The standard InChI is InChI=1S/2C16H13.Zr/c2*1-12-10-14-8-5-9-15(16(14)11-12)13-6-3-2-4-7-13;/h2*2-11H,1H3;. The Kier molecular flexibility index (Phi) is 5.39. The van der Waals surface area contributed by atoms with Gasteiger partial charge in [0.2, 0.25) is 0 Å². The van der Waals surface area contributed by atoms with Gasteiger partial charge >= 0.3 is 209 Å². The summed E-state index contributed by atoms with van der Waals surface area (Å²) in [7, 11) is 0. The van der Waals surface area contributed by atoms with Crippen molar-refractivity contribution in [1.29, 1.82) is 0 Å². The summed E-state index contributed by atoms with van der Waals surface area (Å²) < 4.78 is 1.26. The molecule has 2 unspecified atom stereocenters. The zero-order valence-corrected chi connectivity index (χ0v) is 21.5. The van der Waals surface area contributed by atoms with Gasteiger partial charge in [-0.25, -0.2) is 0 Å². The maximum absolute atomic E-state index is 2.47. The number of allylic oxidation sites excluding steroid dienone is 2. The zero-order valence-electron chi connectivity index (χ0n) is 19.0. The number of hydrogen-bond donors (Lipinski definition) is 0. The van der Waals surface area contributed by atoms with Crippen molar-refractivity contribution < 1.29 is 23.2 Å². The minimum absolute atomic E-state index is 0.631. The van der Waals surface area contributed by atoms with Crippen LogP contribution in [0.15, 0.2) is 108 Å². The predicted octanol–water partition coefficient (Wildman–Crippen LogP) is 8.72. The van der Waals surface area contributed by atoms with E-state index in [1.54, 1.807) is 22.3 Å². The Morgan fingerprint density at radius 1 is 0.485 bits per heavy atom. The Hall–Kier alpha value is -2.76. The molecule has 33 heavy (non-hydrogen) atoms. The van der Waals surface area contributed by atoms with Gasteiger partial charge in [0, 0.05) is 0 Å². The Labute approximate surface area is 208 Å². The topological polar surface area (TPSA) is 0 Å². The molecule has 0 aromatic heterocycles. The quantitative estimate of drug-likeness (QED) is 0.262. The fourth-order valence-electron chi connectivity index (χ4n) is 5.45. The van der Waals surface area contributed by atoms with Crippen molar-refractivity contribution in [2.75, 3.05) is 0 Å². The van der Waals surface area contributed by atoms with E-state index >= 15 is 0 Å². The first kappa shape index (κ1) is 20.8. The molecular formula is C32H26Zr. The van der Waals surface area contributed by atoms with E-state index in [-0.39, 0.29) is 0 Å². The second kappa shape index (κ2) is 8.55. The van der Waals surface area contributed by atoms with Crippen LogP contribution in [0.5, 0.6) is 0 Å². The average Bonchev–Trinajstić information content (AvgIpc) is 3.36. The van der Waals surface area contributed by atoms with Gasteiger partial charge in [0.1, 0.15) is 0 Å². The molecular weight excluding hydrogens is 476 g/mol. The molecule has 0 aliphatic heterocycles. The molecule has 0 radical (unpaired) electrons. The molecule has 4 aromatic rings. The number of fused-ring (bicyclic) bond motifs is 2. The second-order valence-corrected chi connectivity index (χ2v) is 12.8. The summed E-state index contributed by atoms with van der Waals surface area (Å²) in [6, 6.07) is 35.6. The molecule has 4 aromatic carbocycles. The van der Waals surface area contributed by atoms with Gasteiger partial charge < -0.3 is 0 Å². The third-order valence-electron chi connectivity index (χ3n) is 7.06. The predicted molar refractivity (Wildman–Crippen MR) is 137 cm³/mol. The van der Waals surface area contributed by atoms with Gasteiger partial charge in [-0.05, 0) is 0 Å². The van der Waals surface area contributed by atoms with E-state index in [4.69, 9.17) is 0 Å². The third-order valence-corrected chi connectivity index (χ3v) is 12.5. The molecule has 0 amide bonds. The van der Waals surface area contributed by atoms with Crippen LogP contribution in [0.2, 0.25) is 0 Å². The zero-order chi connectivity index (χ0) is 22.4. The number of benzene rings is 4. The van der Waals surface area contributed by atoms with Crippen molar-refractivity contribution in [1.82, 2.24) is 0 Å². The monoisotopic (exact) mass is 500 g/mol. The van der Waals surface area contributed by atoms with Crippen LogP contribution in [0.1, 0.15) is 43.4 Å². The number of hydrogen-bond acceptors (Lipinski definition) is 0. The first-order valence-corrected chi connectivity index (χ1v) is 14.5. The van der Waals surface area contributed by atoms with E-state index < -0.39 is 23.2 Å². The normalized spacial score (nSPS) is 18.4. The van der Waals surface area contributed by atoms with Crippen LogP contribution in [-0.4, -0.2) is 0 Å². The fraction of sp³-hybridized carbons (Fsp3) is 0.125. The first-order valence-electron chi connectivity index (χ1n) is 11.7. The van der Waals surface area contributed by atoms with Crippen LogP contribution in [0, 0.1) is 0 Å². The average molecular weight is 502 g/mol. The molecule has 0 heterocycles. The summed E-state index contributed by atoms with van der Waals surface area (Å²) in [5.74, 6) is 0. The fourth-order valence-corrected chi connectivity index (χ4v) is 10.1. The Bertz CT molecular complexity index is 1280. The summed E-state index contributed by atoms with van der Waals surface area (Å²) in [6.45, 7) is 4.71. The SMILES string of the molecule is CC1=Cc2c(-c3ccccc3)cccc2[CH]1[Zr][CH]1C(C)=Cc2c(-c3ccccc3)cccc21. The van der Waals surface area contributed by atoms with Gasteiger partial charge in [0.05, 0.1) is 0 Å². The molecule has 2 aliphatic rings. The van der Waals surface area contributed by atoms with Gasteiger partial charge in [0.15, 0.2) is 0 Å². The third kappa shape index (κ3) is 3.64. The van der Waals surface area contributed by atoms with Gasteiger partial charge in [-0.3, -0.25) is 0 Å². The molecule has 0 N–H and O–H groups in total. The summed E-state index contributed by atoms with van der Waals surface area (Å²) in [6.07, 6.45) is 4.94. The van der Waals surface area contributed by atoms with Crippen LogP contribution in [-0.2, 0) is 23.2 Å². The molecule has 2 aliphatic carbocycles. The molecule has 6 rings (SSSR count). The first-order chi connectivity index (χ1) is 16.2. The van der Waals surface area contributed by atoms with E-state index in [1.165, 1.54) is 33.4 Å². The summed E-state index contributed by atoms with van der Waals surface area (Å²) in [5.41, 5.74) is 14.5. The Balaban J connectivity index is 1.37. The van der Waals surface area contributed by atoms with Gasteiger partial charge in [0.25, 0.3) is 0 Å². The van der Waals surface area contributed by atoms with Crippen LogP contribution >= 0.6 is 0 Å². The summed E-state index contributed by atoms with van der Waals surface area (Å²) in [5, 5.41) is 0. The molecule has 0 saturated heterocycles. The Morgan fingerprint density at radius 3 is 1.33 bits per heavy atom. The summed E-state index contributed by atoms with van der Waals surface area (Å²) in [4.78, 5) is 0. The van der Waals surface area contributed by atoms with Crippen molar-refractivity contribution in [2.24, 2.45) is 0 Å². The van der Waals surface area contributed by atoms with Crippen molar-refractivity contribution in [2.45, 2.75) is 21.1 Å². The van der Waals surface area contributed by atoms with E-state index in [2.05, 4.69) is 123 Å². The number of rotatable bonds is 4. The van der Waals surface area contributed by atoms with Crippen molar-refractivity contribution >= 4 is 12.2 Å². The van der Waals surface area contributed by atoms with Gasteiger partial charge in [-0.1, -0.05) is 0 Å². The van der Waals surface area contributed by atoms with Crippen LogP contribution in [0.4, 0.5) is 0 Å². The second-order valence-electron chi connectivity index (χ2n) is 9.16. The van der Waals surface area contributed by atoms with Crippen molar-refractivity contribution in [3.8, 4) is 22.3 Å². The molecule has 0 bridgehead atoms. The van der Waals surface area contributed by atoms with Gasteiger partial charge in [-0.2, -0.15) is 0 Å². The molecule has 158 valence electrons. The van der Waals surface area contributed by atoms with E-state index in [0.29, 0.717) is 7.25 Å². The summed E-state index contributed by atoms with van der Waals surface area (Å²) >= 11 is -0.835. The van der Waals surface area contributed by atoms with E-state index in [1.807, 2.05) is 0 Å². The van der Waals surface area contributed by atoms with Crippen molar-refractivity contribution in [3.63, 3.8) is 0 Å². The minimum atomic E-state index is -0.835. The molecule has 0 saturated carbocycles.